The molecule has 1 aliphatic carbocycles. The molecule has 1 rings (SSSR count). The van der Waals surface area contributed by atoms with Crippen LogP contribution < -0.4 is 16.0 Å². The first-order chi connectivity index (χ1) is 27.7. The van der Waals surface area contributed by atoms with E-state index in [1.165, 1.54) is 7.05 Å². The first kappa shape index (κ1) is 51.7. The van der Waals surface area contributed by atoms with Crippen LogP contribution in [-0.4, -0.2) is 141 Å². The Morgan fingerprint density at radius 1 is 0.603 bits per heavy atom. The number of carbonyl (C=O) groups is 9. The molecular formula is C39H63N3O16. The quantitative estimate of drug-likeness (QED) is 0.0488. The van der Waals surface area contributed by atoms with Crippen LogP contribution in [0.25, 0.3) is 0 Å². The van der Waals surface area contributed by atoms with E-state index in [0.29, 0.717) is 51.9 Å². The summed E-state index contributed by atoms with van der Waals surface area (Å²) in [5.41, 5.74) is 0. The predicted molar refractivity (Wildman–Crippen MR) is 205 cm³/mol. The predicted octanol–water partition coefficient (Wildman–Crippen LogP) is 1.46. The van der Waals surface area contributed by atoms with Gasteiger partial charge in [-0.2, -0.15) is 0 Å². The zero-order valence-electron chi connectivity index (χ0n) is 33.6. The van der Waals surface area contributed by atoms with Crippen LogP contribution in [0.2, 0.25) is 0 Å². The second kappa shape index (κ2) is 31.6. The maximum atomic E-state index is 13.0. The van der Waals surface area contributed by atoms with Crippen molar-refractivity contribution in [3.63, 3.8) is 0 Å². The molecule has 19 nitrogen and oxygen atoms in total. The molecule has 0 heterocycles. The lowest BCUT2D eigenvalue weighted by molar-refractivity contribution is -0.145. The molecule has 1 fully saturated rings. The maximum absolute atomic E-state index is 13.0. The molecule has 1 saturated carbocycles. The van der Waals surface area contributed by atoms with Crippen LogP contribution in [0.1, 0.15) is 103 Å². The number of carboxylic acid groups (broad SMARTS) is 3. The van der Waals surface area contributed by atoms with Crippen molar-refractivity contribution in [1.82, 2.24) is 16.0 Å². The van der Waals surface area contributed by atoms with Gasteiger partial charge in [-0.1, -0.05) is 0 Å². The molecule has 0 aromatic heterocycles. The summed E-state index contributed by atoms with van der Waals surface area (Å²) < 4.78 is 21.2. The second-order valence-corrected chi connectivity index (χ2v) is 14.3. The van der Waals surface area contributed by atoms with Gasteiger partial charge < -0.3 is 50.2 Å². The third-order valence-corrected chi connectivity index (χ3v) is 9.55. The van der Waals surface area contributed by atoms with Crippen LogP contribution in [0.4, 0.5) is 0 Å². The minimum atomic E-state index is -1.23. The first-order valence-corrected chi connectivity index (χ1v) is 20.0. The highest BCUT2D eigenvalue weighted by atomic mass is 16.5. The van der Waals surface area contributed by atoms with Crippen molar-refractivity contribution >= 4 is 53.0 Å². The molecular weight excluding hydrogens is 766 g/mol. The molecule has 3 amide bonds. The van der Waals surface area contributed by atoms with Crippen LogP contribution in [0.3, 0.4) is 0 Å². The molecule has 19 heteroatoms. The lowest BCUT2D eigenvalue weighted by Crippen LogP contribution is -2.41. The summed E-state index contributed by atoms with van der Waals surface area (Å²) in [6, 6.07) is -1.10. The number of aliphatic carboxylic acids is 3. The standard InChI is InChI=1S/C39H63N3O16/c1-40-36(48)26-58-22-20-55-17-3-5-30(43)25-57-21-19-56-18-4-6-32(44)31(14-16-38(51)52)42-35(47)15-13-29(39(53)54)23-33(45)28-11-9-27(10-12-28)24-41-34(46)7-2-8-37(49)50/h27-29,31H,2-26H2,1H3,(H,40,48)(H,41,46)(H,42,47)(H,49,50)(H,51,52)(H,53,54)/t27?,28?,29-,31+/m1/s1. The number of hydrogen-bond acceptors (Lipinski definition) is 13. The van der Waals surface area contributed by atoms with Gasteiger partial charge in [0.2, 0.25) is 17.7 Å². The van der Waals surface area contributed by atoms with E-state index in [2.05, 4.69) is 16.0 Å². The molecule has 6 N–H and O–H groups in total. The Labute approximate surface area is 339 Å². The average Bonchev–Trinajstić information content (AvgIpc) is 3.18. The van der Waals surface area contributed by atoms with E-state index in [0.717, 1.165) is 0 Å². The summed E-state index contributed by atoms with van der Waals surface area (Å²) in [7, 11) is 1.51. The lowest BCUT2D eigenvalue weighted by atomic mass is 9.78. The highest BCUT2D eigenvalue weighted by Gasteiger charge is 2.31. The number of Topliss-reactive ketones (excluding diaryl/α,β-unsaturated/α-hetero) is 3. The van der Waals surface area contributed by atoms with Gasteiger partial charge in [0.05, 0.1) is 38.4 Å². The molecule has 0 unspecified atom stereocenters. The van der Waals surface area contributed by atoms with Crippen molar-refractivity contribution in [3.8, 4) is 0 Å². The van der Waals surface area contributed by atoms with Crippen LogP contribution in [0.5, 0.6) is 0 Å². The van der Waals surface area contributed by atoms with E-state index in [4.69, 9.17) is 29.2 Å². The minimum absolute atomic E-state index is 0.0140. The average molecular weight is 830 g/mol. The summed E-state index contributed by atoms with van der Waals surface area (Å²) in [5.74, 6) is -6.43. The molecule has 1 aliphatic rings. The van der Waals surface area contributed by atoms with Gasteiger partial charge in [-0.05, 0) is 63.7 Å². The van der Waals surface area contributed by atoms with Crippen molar-refractivity contribution in [3.05, 3.63) is 0 Å². The number of rotatable bonds is 36. The fourth-order valence-corrected chi connectivity index (χ4v) is 6.14. The van der Waals surface area contributed by atoms with Crippen molar-refractivity contribution in [2.24, 2.45) is 17.8 Å². The number of amides is 3. The molecule has 2 atom stereocenters. The van der Waals surface area contributed by atoms with Crippen molar-refractivity contribution in [2.75, 3.05) is 66.4 Å². The Hall–Kier alpha value is -4.33. The summed E-state index contributed by atoms with van der Waals surface area (Å²) in [6.45, 7) is 1.73. The van der Waals surface area contributed by atoms with Gasteiger partial charge in [0, 0.05) is 77.7 Å². The molecule has 58 heavy (non-hydrogen) atoms. The Balaban J connectivity index is 2.33. The smallest absolute Gasteiger partial charge is 0.306 e. The van der Waals surface area contributed by atoms with Gasteiger partial charge >= 0.3 is 17.9 Å². The van der Waals surface area contributed by atoms with Crippen molar-refractivity contribution in [2.45, 2.75) is 109 Å². The van der Waals surface area contributed by atoms with Gasteiger partial charge in [0.15, 0.2) is 11.6 Å². The summed E-state index contributed by atoms with van der Waals surface area (Å²) in [4.78, 5) is 107. The van der Waals surface area contributed by atoms with E-state index in [1.807, 2.05) is 0 Å². The van der Waals surface area contributed by atoms with Gasteiger partial charge in [-0.3, -0.25) is 43.2 Å². The number of ketones is 3. The molecule has 0 saturated heterocycles. The minimum Gasteiger partial charge on any atom is -0.481 e. The fraction of sp³-hybridized carbons (Fsp3) is 0.769. The Kier molecular flexibility index (Phi) is 28.2. The molecule has 0 aromatic rings. The highest BCUT2D eigenvalue weighted by molar-refractivity contribution is 5.90. The van der Waals surface area contributed by atoms with E-state index in [9.17, 15) is 48.3 Å². The van der Waals surface area contributed by atoms with E-state index < -0.39 is 41.6 Å². The molecule has 0 aromatic carbocycles. The molecule has 0 aliphatic heterocycles. The zero-order chi connectivity index (χ0) is 43.1. The number of nitrogens with one attached hydrogen (secondary N) is 3. The SMILES string of the molecule is CNC(=O)COCCOCCCC(=O)COCCOCCCC(=O)[C@H](CCC(=O)O)NC(=O)CC[C@H](CC(=O)C1CCC(CNC(=O)CCCC(=O)O)CC1)C(=O)O. The Morgan fingerprint density at radius 3 is 1.81 bits per heavy atom. The van der Waals surface area contributed by atoms with Gasteiger partial charge in [-0.25, -0.2) is 0 Å². The number of carbonyl (C=O) groups excluding carboxylic acids is 6. The van der Waals surface area contributed by atoms with Gasteiger partial charge in [0.1, 0.15) is 19.0 Å². The number of ether oxygens (including phenoxy) is 4. The topological polar surface area (TPSA) is 287 Å². The molecule has 0 spiro atoms. The fourth-order valence-electron chi connectivity index (χ4n) is 6.14. The van der Waals surface area contributed by atoms with Gasteiger partial charge in [0.25, 0.3) is 0 Å². The third-order valence-electron chi connectivity index (χ3n) is 9.55. The molecule has 330 valence electrons. The Morgan fingerprint density at radius 2 is 1.21 bits per heavy atom. The zero-order valence-corrected chi connectivity index (χ0v) is 33.6. The number of carboxylic acids is 3. The van der Waals surface area contributed by atoms with Crippen molar-refractivity contribution < 1.29 is 77.4 Å². The first-order valence-electron chi connectivity index (χ1n) is 20.0. The van der Waals surface area contributed by atoms with Crippen LogP contribution >= 0.6 is 0 Å². The summed E-state index contributed by atoms with van der Waals surface area (Å²) >= 11 is 0. The van der Waals surface area contributed by atoms with Crippen LogP contribution in [-0.2, 0) is 62.1 Å². The molecule has 0 bridgehead atoms. The van der Waals surface area contributed by atoms with Crippen LogP contribution in [0.15, 0.2) is 0 Å². The van der Waals surface area contributed by atoms with Crippen molar-refractivity contribution in [1.29, 1.82) is 0 Å². The monoisotopic (exact) mass is 829 g/mol. The summed E-state index contributed by atoms with van der Waals surface area (Å²) in [5, 5.41) is 35.4. The largest absolute Gasteiger partial charge is 0.481 e. The van der Waals surface area contributed by atoms with Crippen LogP contribution in [0, 0.1) is 17.8 Å². The highest BCUT2D eigenvalue weighted by Crippen LogP contribution is 2.31. The number of likely N-dealkylation sites (N-methyl/N-ethyl adjacent to an activating group) is 1. The third kappa shape index (κ3) is 26.6. The lowest BCUT2D eigenvalue weighted by Gasteiger charge is -2.28. The van der Waals surface area contributed by atoms with E-state index in [1.54, 1.807) is 0 Å². The Bertz CT molecular complexity index is 1320. The normalized spacial score (nSPS) is 16.1. The number of hydrogen-bond donors (Lipinski definition) is 6. The van der Waals surface area contributed by atoms with E-state index >= 15 is 0 Å². The van der Waals surface area contributed by atoms with E-state index in [-0.39, 0.29) is 145 Å². The van der Waals surface area contributed by atoms with Gasteiger partial charge in [-0.15, -0.1) is 0 Å². The summed E-state index contributed by atoms with van der Waals surface area (Å²) in [6.07, 6.45) is 2.55. The molecule has 0 radical (unpaired) electrons. The second-order valence-electron chi connectivity index (χ2n) is 14.3. The maximum Gasteiger partial charge on any atom is 0.306 e.